The summed E-state index contributed by atoms with van der Waals surface area (Å²) < 4.78 is 2.36. The molecular formula is C10H10Cl2I2N2. The van der Waals surface area contributed by atoms with Gasteiger partial charge in [0.15, 0.2) is 0 Å². The van der Waals surface area contributed by atoms with Crippen LogP contribution in [-0.4, -0.2) is 9.97 Å². The largest absolute Gasteiger partial charge is 0.264 e. The molecular weight excluding hydrogens is 473 g/mol. The lowest BCUT2D eigenvalue weighted by atomic mass is 10.5. The number of aromatic nitrogens is 2. The maximum Gasteiger partial charge on any atom is 0.0401 e. The maximum absolute atomic E-state index is 3.88. The first-order valence-corrected chi connectivity index (χ1v) is 6.06. The van der Waals surface area contributed by atoms with E-state index in [0.717, 1.165) is 0 Å². The third-order valence-corrected chi connectivity index (χ3v) is 2.53. The fraction of sp³-hybridized carbons (Fsp3) is 0. The molecule has 0 aliphatic heterocycles. The Morgan fingerprint density at radius 1 is 0.750 bits per heavy atom. The molecule has 6 heteroatoms. The van der Waals surface area contributed by atoms with Crippen molar-refractivity contribution in [3.63, 3.8) is 0 Å². The summed E-state index contributed by atoms with van der Waals surface area (Å²) in [4.78, 5) is 7.75. The molecule has 2 aromatic rings. The Morgan fingerprint density at radius 3 is 1.25 bits per heavy atom. The van der Waals surface area contributed by atoms with E-state index in [9.17, 15) is 0 Å². The SMILES string of the molecule is Cl.Cl.Ic1cccnc1.Ic1cccnc1. The van der Waals surface area contributed by atoms with E-state index in [2.05, 4.69) is 55.1 Å². The van der Waals surface area contributed by atoms with Crippen molar-refractivity contribution in [2.24, 2.45) is 0 Å². The van der Waals surface area contributed by atoms with Crippen LogP contribution in [0.5, 0.6) is 0 Å². The molecule has 2 heterocycles. The van der Waals surface area contributed by atoms with Crippen molar-refractivity contribution in [2.45, 2.75) is 0 Å². The van der Waals surface area contributed by atoms with Crippen molar-refractivity contribution in [1.29, 1.82) is 0 Å². The Morgan fingerprint density at radius 2 is 1.12 bits per heavy atom. The fourth-order valence-electron chi connectivity index (χ4n) is 0.684. The molecule has 0 amide bonds. The van der Waals surface area contributed by atoms with Gasteiger partial charge in [0.25, 0.3) is 0 Å². The van der Waals surface area contributed by atoms with Crippen LogP contribution in [0, 0.1) is 7.14 Å². The number of pyridine rings is 2. The van der Waals surface area contributed by atoms with Crippen molar-refractivity contribution < 1.29 is 0 Å². The van der Waals surface area contributed by atoms with Gasteiger partial charge >= 0.3 is 0 Å². The molecule has 0 bridgehead atoms. The van der Waals surface area contributed by atoms with Crippen LogP contribution in [0.3, 0.4) is 0 Å². The molecule has 88 valence electrons. The van der Waals surface area contributed by atoms with Crippen LogP contribution in [0.2, 0.25) is 0 Å². The first kappa shape index (κ1) is 18.7. The minimum absolute atomic E-state index is 0. The number of hydrogen-bond acceptors (Lipinski definition) is 2. The smallest absolute Gasteiger partial charge is 0.0401 e. The van der Waals surface area contributed by atoms with Crippen LogP contribution in [0.15, 0.2) is 49.1 Å². The molecule has 2 rings (SSSR count). The number of hydrogen-bond donors (Lipinski definition) is 0. The van der Waals surface area contributed by atoms with Gasteiger partial charge in [-0.05, 0) is 69.4 Å². The van der Waals surface area contributed by atoms with Crippen LogP contribution < -0.4 is 0 Å². The van der Waals surface area contributed by atoms with E-state index in [1.165, 1.54) is 7.14 Å². The Kier molecular flexibility index (Phi) is 13.8. The van der Waals surface area contributed by atoms with Gasteiger partial charge in [-0.2, -0.15) is 0 Å². The van der Waals surface area contributed by atoms with Crippen LogP contribution in [-0.2, 0) is 0 Å². The average molecular weight is 483 g/mol. The third kappa shape index (κ3) is 9.56. The van der Waals surface area contributed by atoms with Crippen LogP contribution in [0.1, 0.15) is 0 Å². The average Bonchev–Trinajstić information content (AvgIpc) is 2.21. The first-order valence-electron chi connectivity index (χ1n) is 3.90. The van der Waals surface area contributed by atoms with E-state index in [0.29, 0.717) is 0 Å². The van der Waals surface area contributed by atoms with Crippen molar-refractivity contribution >= 4 is 70.0 Å². The highest BCUT2D eigenvalue weighted by Crippen LogP contribution is 1.97. The third-order valence-electron chi connectivity index (χ3n) is 1.25. The zero-order valence-corrected chi connectivity index (χ0v) is 14.0. The Labute approximate surface area is 135 Å². The highest BCUT2D eigenvalue weighted by atomic mass is 127. The molecule has 0 saturated carbocycles. The second-order valence-electron chi connectivity index (χ2n) is 2.34. The Bertz CT molecular complexity index is 322. The second-order valence-corrected chi connectivity index (χ2v) is 4.83. The molecule has 0 N–H and O–H groups in total. The minimum Gasteiger partial charge on any atom is -0.264 e. The van der Waals surface area contributed by atoms with E-state index in [1.807, 2.05) is 36.7 Å². The molecule has 0 unspecified atom stereocenters. The summed E-state index contributed by atoms with van der Waals surface area (Å²) in [5.74, 6) is 0. The molecule has 0 aliphatic rings. The van der Waals surface area contributed by atoms with Gasteiger partial charge in [-0.15, -0.1) is 24.8 Å². The van der Waals surface area contributed by atoms with Gasteiger partial charge in [-0.1, -0.05) is 0 Å². The summed E-state index contributed by atoms with van der Waals surface area (Å²) in [7, 11) is 0. The van der Waals surface area contributed by atoms with Crippen LogP contribution in [0.25, 0.3) is 0 Å². The first-order chi connectivity index (χ1) is 6.79. The van der Waals surface area contributed by atoms with Crippen molar-refractivity contribution in [3.8, 4) is 0 Å². The quantitative estimate of drug-likeness (QED) is 0.526. The molecule has 2 nitrogen and oxygen atoms in total. The zero-order chi connectivity index (χ0) is 10.2. The normalized spacial score (nSPS) is 7.62. The van der Waals surface area contributed by atoms with Crippen molar-refractivity contribution in [1.82, 2.24) is 9.97 Å². The molecule has 0 saturated heterocycles. The van der Waals surface area contributed by atoms with Crippen molar-refractivity contribution in [3.05, 3.63) is 56.2 Å². The van der Waals surface area contributed by atoms with Gasteiger partial charge in [0.2, 0.25) is 0 Å². The van der Waals surface area contributed by atoms with Gasteiger partial charge in [0, 0.05) is 31.9 Å². The minimum atomic E-state index is 0. The molecule has 0 radical (unpaired) electrons. The predicted molar refractivity (Wildman–Crippen MR) is 88.4 cm³/mol. The summed E-state index contributed by atoms with van der Waals surface area (Å²) in [6.07, 6.45) is 7.17. The van der Waals surface area contributed by atoms with E-state index in [-0.39, 0.29) is 24.8 Å². The van der Waals surface area contributed by atoms with Gasteiger partial charge < -0.3 is 0 Å². The van der Waals surface area contributed by atoms with Crippen LogP contribution >= 0.6 is 70.0 Å². The van der Waals surface area contributed by atoms with Gasteiger partial charge in [-0.3, -0.25) is 9.97 Å². The lowest BCUT2D eigenvalue weighted by Gasteiger charge is -1.80. The molecule has 0 spiro atoms. The standard InChI is InChI=1S/2C5H4IN.2ClH/c2*6-5-2-1-3-7-4-5;;/h2*1-4H;2*1H. The predicted octanol–water partition coefficient (Wildman–Crippen LogP) is 4.22. The monoisotopic (exact) mass is 482 g/mol. The van der Waals surface area contributed by atoms with Gasteiger partial charge in [0.05, 0.1) is 0 Å². The summed E-state index contributed by atoms with van der Waals surface area (Å²) in [6, 6.07) is 7.85. The molecule has 0 fully saturated rings. The van der Waals surface area contributed by atoms with Crippen LogP contribution in [0.4, 0.5) is 0 Å². The number of rotatable bonds is 0. The van der Waals surface area contributed by atoms with Gasteiger partial charge in [-0.25, -0.2) is 0 Å². The van der Waals surface area contributed by atoms with Crippen molar-refractivity contribution in [2.75, 3.05) is 0 Å². The molecule has 0 atom stereocenters. The molecule has 2 aromatic heterocycles. The van der Waals surface area contributed by atoms with E-state index >= 15 is 0 Å². The topological polar surface area (TPSA) is 25.8 Å². The number of nitrogens with zero attached hydrogens (tertiary/aromatic N) is 2. The van der Waals surface area contributed by atoms with E-state index < -0.39 is 0 Å². The lowest BCUT2D eigenvalue weighted by Crippen LogP contribution is -1.68. The second kappa shape index (κ2) is 11.8. The highest BCUT2D eigenvalue weighted by molar-refractivity contribution is 14.1. The molecule has 0 aliphatic carbocycles. The van der Waals surface area contributed by atoms with E-state index in [1.54, 1.807) is 12.4 Å². The van der Waals surface area contributed by atoms with E-state index in [4.69, 9.17) is 0 Å². The molecule has 16 heavy (non-hydrogen) atoms. The summed E-state index contributed by atoms with van der Waals surface area (Å²) in [6.45, 7) is 0. The molecule has 0 aromatic carbocycles. The summed E-state index contributed by atoms with van der Waals surface area (Å²) in [5, 5.41) is 0. The lowest BCUT2D eigenvalue weighted by molar-refractivity contribution is 1.31. The number of halogens is 4. The Balaban J connectivity index is 0. The maximum atomic E-state index is 3.88. The highest BCUT2D eigenvalue weighted by Gasteiger charge is 1.76. The Hall–Kier alpha value is 0.340. The fourth-order valence-corrected chi connectivity index (χ4v) is 1.42. The zero-order valence-electron chi connectivity index (χ0n) is 8.09. The summed E-state index contributed by atoms with van der Waals surface area (Å²) >= 11 is 4.43. The summed E-state index contributed by atoms with van der Waals surface area (Å²) in [5.41, 5.74) is 0. The van der Waals surface area contributed by atoms with Gasteiger partial charge in [0.1, 0.15) is 0 Å².